The van der Waals surface area contributed by atoms with Gasteiger partial charge in [-0.1, -0.05) is 22.6 Å². The van der Waals surface area contributed by atoms with Crippen molar-refractivity contribution in [3.63, 3.8) is 0 Å². The van der Waals surface area contributed by atoms with Gasteiger partial charge in [0.25, 0.3) is 0 Å². The molecule has 0 bridgehead atoms. The van der Waals surface area contributed by atoms with Gasteiger partial charge in [-0.2, -0.15) is 0 Å². The maximum atomic E-state index is 13.2. The number of benzene rings is 1. The molecule has 1 unspecified atom stereocenters. The maximum absolute atomic E-state index is 13.2. The van der Waals surface area contributed by atoms with Crippen LogP contribution in [0.3, 0.4) is 0 Å². The van der Waals surface area contributed by atoms with E-state index in [0.717, 1.165) is 12.1 Å². The molecular weight excluding hydrogens is 330 g/mol. The Bertz CT molecular complexity index is 431. The molecule has 1 rings (SSSR count). The molecule has 0 amide bonds. The van der Waals surface area contributed by atoms with Crippen LogP contribution in [0.5, 0.6) is 5.75 Å². The van der Waals surface area contributed by atoms with E-state index >= 15 is 0 Å². The van der Waals surface area contributed by atoms with Crippen LogP contribution in [-0.2, 0) is 4.79 Å². The Hall–Kier alpha value is -1.18. The molecular formula is C10H8FIO4. The molecule has 0 spiro atoms. The summed E-state index contributed by atoms with van der Waals surface area (Å²) in [5.74, 6) is -2.81. The van der Waals surface area contributed by atoms with Gasteiger partial charge in [0.05, 0.1) is 5.56 Å². The number of hydrogen-bond donors (Lipinski definition) is 1. The molecule has 0 aliphatic rings. The standard InChI is InChI=1S/C10H8FIO4/c1-5(12)10(15)16-6-2-3-7(9(13)14)8(11)4-6/h2-5H,1H3,(H,13,14). The fourth-order valence-corrected chi connectivity index (χ4v) is 1.06. The third-order valence-electron chi connectivity index (χ3n) is 1.71. The van der Waals surface area contributed by atoms with Crippen LogP contribution in [0.1, 0.15) is 17.3 Å². The molecule has 1 aromatic carbocycles. The minimum Gasteiger partial charge on any atom is -0.478 e. The summed E-state index contributed by atoms with van der Waals surface area (Å²) in [7, 11) is 0. The summed E-state index contributed by atoms with van der Waals surface area (Å²) in [6, 6.07) is 3.17. The van der Waals surface area contributed by atoms with Crippen LogP contribution in [0.4, 0.5) is 4.39 Å². The van der Waals surface area contributed by atoms with Crippen molar-refractivity contribution in [2.45, 2.75) is 10.8 Å². The summed E-state index contributed by atoms with van der Waals surface area (Å²) in [6.07, 6.45) is 0. The van der Waals surface area contributed by atoms with Crippen LogP contribution in [0.25, 0.3) is 0 Å². The van der Waals surface area contributed by atoms with E-state index in [4.69, 9.17) is 9.84 Å². The van der Waals surface area contributed by atoms with Gasteiger partial charge in [-0.3, -0.25) is 4.79 Å². The van der Waals surface area contributed by atoms with Crippen LogP contribution >= 0.6 is 22.6 Å². The Labute approximate surface area is 105 Å². The van der Waals surface area contributed by atoms with Crippen molar-refractivity contribution in [1.82, 2.24) is 0 Å². The van der Waals surface area contributed by atoms with Gasteiger partial charge in [0, 0.05) is 6.07 Å². The van der Waals surface area contributed by atoms with Gasteiger partial charge in [0.15, 0.2) is 0 Å². The Kier molecular flexibility index (Phi) is 4.22. The Morgan fingerprint density at radius 3 is 2.56 bits per heavy atom. The van der Waals surface area contributed by atoms with Crippen molar-refractivity contribution in [3.05, 3.63) is 29.6 Å². The number of carboxylic acid groups (broad SMARTS) is 1. The number of alkyl halides is 1. The van der Waals surface area contributed by atoms with Gasteiger partial charge in [0.2, 0.25) is 0 Å². The third kappa shape index (κ3) is 3.16. The lowest BCUT2D eigenvalue weighted by Crippen LogP contribution is -2.17. The van der Waals surface area contributed by atoms with Crippen molar-refractivity contribution >= 4 is 34.5 Å². The van der Waals surface area contributed by atoms with E-state index in [9.17, 15) is 14.0 Å². The smallest absolute Gasteiger partial charge is 0.338 e. The Morgan fingerprint density at radius 2 is 2.12 bits per heavy atom. The third-order valence-corrected chi connectivity index (χ3v) is 2.22. The number of carbonyl (C=O) groups is 2. The summed E-state index contributed by atoms with van der Waals surface area (Å²) < 4.78 is 17.6. The summed E-state index contributed by atoms with van der Waals surface area (Å²) in [4.78, 5) is 21.7. The number of carboxylic acids is 1. The van der Waals surface area contributed by atoms with E-state index < -0.39 is 23.3 Å². The van der Waals surface area contributed by atoms with Gasteiger partial charge in [-0.25, -0.2) is 9.18 Å². The quantitative estimate of drug-likeness (QED) is 0.397. The van der Waals surface area contributed by atoms with Gasteiger partial charge < -0.3 is 9.84 Å². The number of carbonyl (C=O) groups excluding carboxylic acids is 1. The van der Waals surface area contributed by atoms with E-state index in [1.54, 1.807) is 6.92 Å². The largest absolute Gasteiger partial charge is 0.478 e. The van der Waals surface area contributed by atoms with E-state index in [2.05, 4.69) is 0 Å². The highest BCUT2D eigenvalue weighted by Gasteiger charge is 2.14. The lowest BCUT2D eigenvalue weighted by Gasteiger charge is -2.06. The number of ether oxygens (including phenoxy) is 1. The number of aromatic carboxylic acids is 1. The highest BCUT2D eigenvalue weighted by molar-refractivity contribution is 14.1. The molecule has 1 atom stereocenters. The van der Waals surface area contributed by atoms with Crippen LogP contribution in [0.2, 0.25) is 0 Å². The normalized spacial score (nSPS) is 11.9. The summed E-state index contributed by atoms with van der Waals surface area (Å²) in [5, 5.41) is 8.58. The molecule has 0 aliphatic carbocycles. The zero-order chi connectivity index (χ0) is 12.3. The van der Waals surface area contributed by atoms with Crippen molar-refractivity contribution in [2.75, 3.05) is 0 Å². The number of esters is 1. The van der Waals surface area contributed by atoms with E-state index in [-0.39, 0.29) is 9.67 Å². The van der Waals surface area contributed by atoms with Crippen LogP contribution in [0, 0.1) is 5.82 Å². The molecule has 0 heterocycles. The first-order valence-electron chi connectivity index (χ1n) is 4.30. The van der Waals surface area contributed by atoms with Crippen LogP contribution < -0.4 is 4.74 Å². The first-order chi connectivity index (χ1) is 7.41. The van der Waals surface area contributed by atoms with Gasteiger partial charge in [0.1, 0.15) is 15.5 Å². The SMILES string of the molecule is CC(I)C(=O)Oc1ccc(C(=O)O)c(F)c1. The average molecular weight is 338 g/mol. The highest BCUT2D eigenvalue weighted by Crippen LogP contribution is 2.18. The minimum absolute atomic E-state index is 0.00369. The van der Waals surface area contributed by atoms with Crippen molar-refractivity contribution in [1.29, 1.82) is 0 Å². The summed E-state index contributed by atoms with van der Waals surface area (Å²) >= 11 is 1.86. The molecule has 0 aliphatic heterocycles. The molecule has 0 fully saturated rings. The predicted octanol–water partition coefficient (Wildman–Crippen LogP) is 2.25. The van der Waals surface area contributed by atoms with Crippen molar-refractivity contribution in [3.8, 4) is 5.75 Å². The fourth-order valence-electron chi connectivity index (χ4n) is 0.930. The fraction of sp³-hybridized carbons (Fsp3) is 0.200. The molecule has 1 N–H and O–H groups in total. The second kappa shape index (κ2) is 5.24. The second-order valence-electron chi connectivity index (χ2n) is 2.98. The second-order valence-corrected chi connectivity index (χ2v) is 4.85. The van der Waals surface area contributed by atoms with Gasteiger partial charge in [-0.05, 0) is 19.1 Å². The average Bonchev–Trinajstić information content (AvgIpc) is 2.16. The lowest BCUT2D eigenvalue weighted by atomic mass is 10.2. The summed E-state index contributed by atoms with van der Waals surface area (Å²) in [6.45, 7) is 1.63. The Morgan fingerprint density at radius 1 is 1.50 bits per heavy atom. The zero-order valence-corrected chi connectivity index (χ0v) is 10.4. The lowest BCUT2D eigenvalue weighted by molar-refractivity contribution is -0.133. The van der Waals surface area contributed by atoms with Crippen LogP contribution in [0.15, 0.2) is 18.2 Å². The summed E-state index contributed by atoms with van der Waals surface area (Å²) in [5.41, 5.74) is -0.456. The van der Waals surface area contributed by atoms with Gasteiger partial charge >= 0.3 is 11.9 Å². The minimum atomic E-state index is -1.36. The first kappa shape index (κ1) is 12.9. The number of halogens is 2. The molecule has 16 heavy (non-hydrogen) atoms. The monoisotopic (exact) mass is 338 g/mol. The zero-order valence-electron chi connectivity index (χ0n) is 8.24. The topological polar surface area (TPSA) is 63.6 Å². The molecule has 86 valence electrons. The van der Waals surface area contributed by atoms with E-state index in [1.807, 2.05) is 22.6 Å². The number of rotatable bonds is 3. The molecule has 0 radical (unpaired) electrons. The molecule has 0 aromatic heterocycles. The maximum Gasteiger partial charge on any atom is 0.338 e. The molecule has 6 heteroatoms. The Balaban J connectivity index is 2.90. The first-order valence-corrected chi connectivity index (χ1v) is 5.55. The van der Waals surface area contributed by atoms with Crippen LogP contribution in [-0.4, -0.2) is 21.0 Å². The predicted molar refractivity (Wildman–Crippen MR) is 62.5 cm³/mol. The number of hydrogen-bond acceptors (Lipinski definition) is 3. The molecule has 4 nitrogen and oxygen atoms in total. The molecule has 0 saturated heterocycles. The van der Waals surface area contributed by atoms with Crippen molar-refractivity contribution < 1.29 is 23.8 Å². The molecule has 0 saturated carbocycles. The van der Waals surface area contributed by atoms with E-state index in [0.29, 0.717) is 0 Å². The van der Waals surface area contributed by atoms with Crippen molar-refractivity contribution in [2.24, 2.45) is 0 Å². The highest BCUT2D eigenvalue weighted by atomic mass is 127. The van der Waals surface area contributed by atoms with E-state index in [1.165, 1.54) is 6.07 Å². The molecule has 1 aromatic rings. The van der Waals surface area contributed by atoms with Gasteiger partial charge in [-0.15, -0.1) is 0 Å².